The number of carbonyl (C=O) groups is 1. The molecular formula is C23H28N4O3. The van der Waals surface area contributed by atoms with Crippen LogP contribution in [0, 0.1) is 0 Å². The molecule has 1 amide bonds. The summed E-state index contributed by atoms with van der Waals surface area (Å²) >= 11 is 0. The number of aromatic nitrogens is 1. The molecule has 1 aromatic heterocycles. The molecule has 0 N–H and O–H groups in total. The molecule has 2 aromatic rings. The SMILES string of the molecule is COc1ccc(-c2cccc([C@@H]3CN(C(=O)CCN4CCC(C)=N4)CCO3)n2)cc1. The first-order chi connectivity index (χ1) is 14.6. The fourth-order valence-electron chi connectivity index (χ4n) is 3.78. The summed E-state index contributed by atoms with van der Waals surface area (Å²) in [6, 6.07) is 13.8. The third kappa shape index (κ3) is 4.79. The number of hydrogen-bond acceptors (Lipinski definition) is 6. The Morgan fingerprint density at radius 1 is 1.20 bits per heavy atom. The Labute approximate surface area is 177 Å². The van der Waals surface area contributed by atoms with Gasteiger partial charge >= 0.3 is 0 Å². The molecule has 4 rings (SSSR count). The number of amides is 1. The number of hydrogen-bond donors (Lipinski definition) is 0. The van der Waals surface area contributed by atoms with Crippen LogP contribution in [0.4, 0.5) is 0 Å². The van der Waals surface area contributed by atoms with Crippen LogP contribution >= 0.6 is 0 Å². The summed E-state index contributed by atoms with van der Waals surface area (Å²) < 4.78 is 11.2. The molecule has 0 radical (unpaired) electrons. The maximum atomic E-state index is 12.7. The maximum absolute atomic E-state index is 12.7. The molecular weight excluding hydrogens is 380 g/mol. The van der Waals surface area contributed by atoms with Crippen molar-refractivity contribution in [2.75, 3.05) is 39.9 Å². The first-order valence-electron chi connectivity index (χ1n) is 10.4. The summed E-state index contributed by atoms with van der Waals surface area (Å²) in [4.78, 5) is 19.4. The second-order valence-corrected chi connectivity index (χ2v) is 7.66. The van der Waals surface area contributed by atoms with E-state index in [1.807, 2.05) is 59.3 Å². The number of hydrazone groups is 1. The molecule has 1 atom stereocenters. The van der Waals surface area contributed by atoms with E-state index in [4.69, 9.17) is 14.5 Å². The number of nitrogens with zero attached hydrogens (tertiary/aromatic N) is 4. The van der Waals surface area contributed by atoms with Gasteiger partial charge in [0.2, 0.25) is 5.91 Å². The van der Waals surface area contributed by atoms with E-state index < -0.39 is 0 Å². The lowest BCUT2D eigenvalue weighted by atomic mass is 10.1. The van der Waals surface area contributed by atoms with Gasteiger partial charge in [0.1, 0.15) is 11.9 Å². The molecule has 30 heavy (non-hydrogen) atoms. The van der Waals surface area contributed by atoms with Gasteiger partial charge in [0.25, 0.3) is 0 Å². The van der Waals surface area contributed by atoms with Crippen LogP contribution in [-0.4, -0.2) is 66.4 Å². The average molecular weight is 409 g/mol. The highest BCUT2D eigenvalue weighted by molar-refractivity contribution is 5.83. The van der Waals surface area contributed by atoms with E-state index in [-0.39, 0.29) is 12.0 Å². The number of carbonyl (C=O) groups excluding carboxylic acids is 1. The summed E-state index contributed by atoms with van der Waals surface area (Å²) in [7, 11) is 1.65. The van der Waals surface area contributed by atoms with Gasteiger partial charge in [-0.1, -0.05) is 6.07 Å². The molecule has 0 unspecified atom stereocenters. The summed E-state index contributed by atoms with van der Waals surface area (Å²) in [5.41, 5.74) is 3.88. The Morgan fingerprint density at radius 2 is 2.03 bits per heavy atom. The maximum Gasteiger partial charge on any atom is 0.224 e. The normalized spacial score (nSPS) is 19.0. The van der Waals surface area contributed by atoms with Gasteiger partial charge in [-0.2, -0.15) is 5.10 Å². The van der Waals surface area contributed by atoms with Crippen molar-refractivity contribution in [3.05, 3.63) is 48.2 Å². The van der Waals surface area contributed by atoms with E-state index in [9.17, 15) is 4.79 Å². The minimum absolute atomic E-state index is 0.148. The standard InChI is InChI=1S/C23H28N4O3/c1-17-10-12-27(25-17)13-11-23(28)26-14-15-30-22(16-26)21-5-3-4-20(24-21)18-6-8-19(29-2)9-7-18/h3-9,22H,10-16H2,1-2H3/t22-/m0/s1. The molecule has 0 aliphatic carbocycles. The van der Waals surface area contributed by atoms with Crippen LogP contribution in [-0.2, 0) is 9.53 Å². The van der Waals surface area contributed by atoms with Crippen LogP contribution in [0.3, 0.4) is 0 Å². The molecule has 0 saturated carbocycles. The smallest absolute Gasteiger partial charge is 0.224 e. The molecule has 3 heterocycles. The van der Waals surface area contributed by atoms with Crippen LogP contribution in [0.1, 0.15) is 31.6 Å². The van der Waals surface area contributed by atoms with E-state index >= 15 is 0 Å². The van der Waals surface area contributed by atoms with Gasteiger partial charge in [-0.3, -0.25) is 9.80 Å². The van der Waals surface area contributed by atoms with Crippen LogP contribution in [0.2, 0.25) is 0 Å². The van der Waals surface area contributed by atoms with Gasteiger partial charge in [0.15, 0.2) is 0 Å². The number of methoxy groups -OCH3 is 1. The lowest BCUT2D eigenvalue weighted by molar-refractivity contribution is -0.139. The lowest BCUT2D eigenvalue weighted by Crippen LogP contribution is -2.43. The van der Waals surface area contributed by atoms with E-state index in [2.05, 4.69) is 5.10 Å². The Morgan fingerprint density at radius 3 is 2.77 bits per heavy atom. The van der Waals surface area contributed by atoms with E-state index in [1.54, 1.807) is 7.11 Å². The third-order valence-electron chi connectivity index (χ3n) is 5.53. The highest BCUT2D eigenvalue weighted by atomic mass is 16.5. The van der Waals surface area contributed by atoms with E-state index in [0.29, 0.717) is 32.7 Å². The zero-order valence-electron chi connectivity index (χ0n) is 17.6. The number of pyridine rings is 1. The van der Waals surface area contributed by atoms with Gasteiger partial charge in [-0.15, -0.1) is 0 Å². The van der Waals surface area contributed by atoms with Crippen molar-refractivity contribution in [2.45, 2.75) is 25.9 Å². The van der Waals surface area contributed by atoms with Crippen LogP contribution in [0.15, 0.2) is 47.6 Å². The molecule has 0 spiro atoms. The molecule has 1 saturated heterocycles. The Bertz CT molecular complexity index is 913. The average Bonchev–Trinajstić information content (AvgIpc) is 3.23. The largest absolute Gasteiger partial charge is 0.497 e. The van der Waals surface area contributed by atoms with Crippen molar-refractivity contribution in [2.24, 2.45) is 5.10 Å². The molecule has 7 nitrogen and oxygen atoms in total. The first kappa shape index (κ1) is 20.3. The van der Waals surface area contributed by atoms with Gasteiger partial charge in [0.05, 0.1) is 31.6 Å². The minimum atomic E-state index is -0.215. The first-order valence-corrected chi connectivity index (χ1v) is 10.4. The zero-order valence-corrected chi connectivity index (χ0v) is 17.6. The number of ether oxygens (including phenoxy) is 2. The second kappa shape index (κ2) is 9.26. The van der Waals surface area contributed by atoms with Crippen LogP contribution in [0.5, 0.6) is 5.75 Å². The predicted octanol–water partition coefficient (Wildman–Crippen LogP) is 3.13. The fraction of sp³-hybridized carbons (Fsp3) is 0.435. The summed E-state index contributed by atoms with van der Waals surface area (Å²) in [5, 5.41) is 6.45. The molecule has 2 aliphatic heterocycles. The Balaban J connectivity index is 1.39. The Kier molecular flexibility index (Phi) is 6.28. The highest BCUT2D eigenvalue weighted by Crippen LogP contribution is 2.25. The van der Waals surface area contributed by atoms with Crippen molar-refractivity contribution in [3.63, 3.8) is 0 Å². The van der Waals surface area contributed by atoms with Crippen molar-refractivity contribution in [3.8, 4) is 17.0 Å². The molecule has 7 heteroatoms. The van der Waals surface area contributed by atoms with Crippen molar-refractivity contribution < 1.29 is 14.3 Å². The molecule has 0 bridgehead atoms. The van der Waals surface area contributed by atoms with E-state index in [1.165, 1.54) is 0 Å². The quantitative estimate of drug-likeness (QED) is 0.735. The molecule has 1 fully saturated rings. The van der Waals surface area contributed by atoms with Gasteiger partial charge in [-0.05, 0) is 43.3 Å². The second-order valence-electron chi connectivity index (χ2n) is 7.66. The Hall–Kier alpha value is -2.93. The summed E-state index contributed by atoms with van der Waals surface area (Å²) in [6.07, 6.45) is 1.25. The highest BCUT2D eigenvalue weighted by Gasteiger charge is 2.27. The topological polar surface area (TPSA) is 67.3 Å². The van der Waals surface area contributed by atoms with Crippen LogP contribution in [0.25, 0.3) is 11.3 Å². The monoisotopic (exact) mass is 408 g/mol. The minimum Gasteiger partial charge on any atom is -0.497 e. The summed E-state index contributed by atoms with van der Waals surface area (Å²) in [5.74, 6) is 0.962. The van der Waals surface area contributed by atoms with E-state index in [0.717, 1.165) is 41.4 Å². The lowest BCUT2D eigenvalue weighted by Gasteiger charge is -2.33. The number of benzene rings is 1. The van der Waals surface area contributed by atoms with Crippen molar-refractivity contribution in [1.82, 2.24) is 14.9 Å². The van der Waals surface area contributed by atoms with Crippen molar-refractivity contribution >= 4 is 11.6 Å². The molecule has 1 aromatic carbocycles. The predicted molar refractivity (Wildman–Crippen MR) is 115 cm³/mol. The molecule has 158 valence electrons. The number of morpholine rings is 1. The van der Waals surface area contributed by atoms with Crippen molar-refractivity contribution in [1.29, 1.82) is 0 Å². The summed E-state index contributed by atoms with van der Waals surface area (Å²) in [6.45, 7) is 5.28. The van der Waals surface area contributed by atoms with Gasteiger partial charge in [-0.25, -0.2) is 4.98 Å². The third-order valence-corrected chi connectivity index (χ3v) is 5.53. The van der Waals surface area contributed by atoms with Gasteiger partial charge < -0.3 is 14.4 Å². The fourth-order valence-corrected chi connectivity index (χ4v) is 3.78. The van der Waals surface area contributed by atoms with Crippen LogP contribution < -0.4 is 4.74 Å². The van der Waals surface area contributed by atoms with Gasteiger partial charge in [0, 0.05) is 43.8 Å². The molecule has 2 aliphatic rings. The number of rotatable bonds is 6. The zero-order chi connectivity index (χ0) is 20.9.